The molecule has 1 amide bonds. The van der Waals surface area contributed by atoms with Gasteiger partial charge in [0.15, 0.2) is 0 Å². The van der Waals surface area contributed by atoms with Crippen molar-refractivity contribution in [3.63, 3.8) is 0 Å². The number of hydrogen-bond acceptors (Lipinski definition) is 3. The predicted octanol–water partition coefficient (Wildman–Crippen LogP) is 2.59. The number of ether oxygens (including phenoxy) is 1. The van der Waals surface area contributed by atoms with E-state index < -0.39 is 0 Å². The maximum absolute atomic E-state index is 12.0. The maximum atomic E-state index is 12.0. The van der Waals surface area contributed by atoms with Crippen LogP contribution in [-0.4, -0.2) is 29.9 Å². The molecule has 2 heterocycles. The molecule has 19 heavy (non-hydrogen) atoms. The molecule has 1 aliphatic rings. The first-order valence-corrected chi connectivity index (χ1v) is 6.50. The first-order valence-electron chi connectivity index (χ1n) is 6.06. The van der Waals surface area contributed by atoms with Crippen molar-refractivity contribution in [1.82, 2.24) is 4.98 Å². The minimum Gasteiger partial charge on any atom is -0.497 e. The standard InChI is InChI=1S/C14H13ClN2O2/c1-19-11-5-9-3-2-4-16-14(9)12(7-11)17-8-10(15)6-13(17)18/h2-5,7,10H,6,8H2,1H3. The van der Waals surface area contributed by atoms with Crippen molar-refractivity contribution in [2.45, 2.75) is 11.8 Å². The van der Waals surface area contributed by atoms with Crippen molar-refractivity contribution in [1.29, 1.82) is 0 Å². The number of amides is 1. The molecule has 4 nitrogen and oxygen atoms in total. The van der Waals surface area contributed by atoms with E-state index >= 15 is 0 Å². The molecule has 1 aromatic heterocycles. The maximum Gasteiger partial charge on any atom is 0.228 e. The van der Waals surface area contributed by atoms with Crippen LogP contribution >= 0.6 is 11.6 Å². The summed E-state index contributed by atoms with van der Waals surface area (Å²) in [5.74, 6) is 0.738. The Kier molecular flexibility index (Phi) is 3.03. The smallest absolute Gasteiger partial charge is 0.228 e. The number of pyridine rings is 1. The number of hydrogen-bond donors (Lipinski definition) is 0. The number of aromatic nitrogens is 1. The van der Waals surface area contributed by atoms with E-state index in [-0.39, 0.29) is 11.3 Å². The van der Waals surface area contributed by atoms with Gasteiger partial charge in [-0.1, -0.05) is 6.07 Å². The Balaban J connectivity index is 2.18. The van der Waals surface area contributed by atoms with E-state index in [0.717, 1.165) is 16.6 Å². The van der Waals surface area contributed by atoms with E-state index in [1.807, 2.05) is 24.3 Å². The van der Waals surface area contributed by atoms with Crippen molar-refractivity contribution >= 4 is 34.1 Å². The molecule has 3 rings (SSSR count). The molecular formula is C14H13ClN2O2. The van der Waals surface area contributed by atoms with Crippen LogP contribution in [0.1, 0.15) is 6.42 Å². The van der Waals surface area contributed by atoms with Gasteiger partial charge in [-0.2, -0.15) is 0 Å². The number of benzene rings is 1. The second-order valence-electron chi connectivity index (χ2n) is 4.53. The van der Waals surface area contributed by atoms with Crippen LogP contribution in [0.4, 0.5) is 5.69 Å². The highest BCUT2D eigenvalue weighted by atomic mass is 35.5. The van der Waals surface area contributed by atoms with Crippen LogP contribution in [0.15, 0.2) is 30.5 Å². The molecule has 0 N–H and O–H groups in total. The summed E-state index contributed by atoms with van der Waals surface area (Å²) in [6.45, 7) is 0.513. The quantitative estimate of drug-likeness (QED) is 0.792. The number of carbonyl (C=O) groups is 1. The lowest BCUT2D eigenvalue weighted by molar-refractivity contribution is -0.117. The lowest BCUT2D eigenvalue weighted by Gasteiger charge is -2.18. The molecule has 1 atom stereocenters. The SMILES string of the molecule is COc1cc(N2CC(Cl)CC2=O)c2ncccc2c1. The molecule has 1 aromatic carbocycles. The van der Waals surface area contributed by atoms with Crippen molar-refractivity contribution < 1.29 is 9.53 Å². The van der Waals surface area contributed by atoms with E-state index in [4.69, 9.17) is 16.3 Å². The van der Waals surface area contributed by atoms with E-state index in [9.17, 15) is 4.79 Å². The average molecular weight is 277 g/mol. The molecular weight excluding hydrogens is 264 g/mol. The van der Waals surface area contributed by atoms with Gasteiger partial charge in [0.2, 0.25) is 5.91 Å². The first-order chi connectivity index (χ1) is 9.19. The fourth-order valence-corrected chi connectivity index (χ4v) is 2.64. The molecule has 1 unspecified atom stereocenters. The van der Waals surface area contributed by atoms with Gasteiger partial charge in [0.1, 0.15) is 5.75 Å². The van der Waals surface area contributed by atoms with Gasteiger partial charge in [0.25, 0.3) is 0 Å². The molecule has 1 fully saturated rings. The van der Waals surface area contributed by atoms with Crippen LogP contribution in [0.3, 0.4) is 0 Å². The zero-order valence-electron chi connectivity index (χ0n) is 10.5. The van der Waals surface area contributed by atoms with Crippen LogP contribution < -0.4 is 9.64 Å². The summed E-state index contributed by atoms with van der Waals surface area (Å²) < 4.78 is 5.29. The van der Waals surface area contributed by atoms with Crippen LogP contribution in [0.2, 0.25) is 0 Å². The summed E-state index contributed by atoms with van der Waals surface area (Å²) in [5.41, 5.74) is 1.56. The molecule has 0 aliphatic carbocycles. The lowest BCUT2D eigenvalue weighted by Crippen LogP contribution is -2.25. The monoisotopic (exact) mass is 276 g/mol. The minimum absolute atomic E-state index is 0.0280. The van der Waals surface area contributed by atoms with Gasteiger partial charge >= 0.3 is 0 Å². The van der Waals surface area contributed by atoms with Crippen LogP contribution in [0, 0.1) is 0 Å². The third-order valence-electron chi connectivity index (χ3n) is 3.26. The van der Waals surface area contributed by atoms with E-state index in [0.29, 0.717) is 18.7 Å². The first kappa shape index (κ1) is 12.2. The van der Waals surface area contributed by atoms with Gasteiger partial charge in [0.05, 0.1) is 23.7 Å². The van der Waals surface area contributed by atoms with Gasteiger partial charge in [-0.25, -0.2) is 0 Å². The second-order valence-corrected chi connectivity index (χ2v) is 5.14. The molecule has 0 saturated carbocycles. The van der Waals surface area contributed by atoms with Crippen LogP contribution in [0.25, 0.3) is 10.9 Å². The fourth-order valence-electron chi connectivity index (χ4n) is 2.37. The van der Waals surface area contributed by atoms with E-state index in [2.05, 4.69) is 4.98 Å². The fraction of sp³-hybridized carbons (Fsp3) is 0.286. The second kappa shape index (κ2) is 4.70. The third-order valence-corrected chi connectivity index (χ3v) is 3.55. The Morgan fingerprint density at radius 2 is 2.32 bits per heavy atom. The van der Waals surface area contributed by atoms with Gasteiger partial charge in [-0.05, 0) is 12.1 Å². The highest BCUT2D eigenvalue weighted by Crippen LogP contribution is 2.33. The highest BCUT2D eigenvalue weighted by Gasteiger charge is 2.30. The molecule has 98 valence electrons. The Bertz CT molecular complexity index is 644. The summed E-state index contributed by atoms with van der Waals surface area (Å²) >= 11 is 6.06. The lowest BCUT2D eigenvalue weighted by atomic mass is 10.1. The van der Waals surface area contributed by atoms with E-state index in [1.54, 1.807) is 18.2 Å². The number of methoxy groups -OCH3 is 1. The minimum atomic E-state index is -0.141. The number of rotatable bonds is 2. The number of alkyl halides is 1. The molecule has 5 heteroatoms. The Morgan fingerprint density at radius 1 is 1.47 bits per heavy atom. The Morgan fingerprint density at radius 3 is 3.00 bits per heavy atom. The number of nitrogens with zero attached hydrogens (tertiary/aromatic N) is 2. The van der Waals surface area contributed by atoms with Crippen molar-refractivity contribution in [2.75, 3.05) is 18.6 Å². The van der Waals surface area contributed by atoms with Crippen LogP contribution in [-0.2, 0) is 4.79 Å². The Labute approximate surface area is 115 Å². The topological polar surface area (TPSA) is 42.4 Å². The van der Waals surface area contributed by atoms with Gasteiger partial charge in [-0.3, -0.25) is 9.78 Å². The largest absolute Gasteiger partial charge is 0.497 e. The molecule has 1 aliphatic heterocycles. The van der Waals surface area contributed by atoms with Crippen molar-refractivity contribution in [3.8, 4) is 5.75 Å². The molecule has 2 aromatic rings. The number of carbonyl (C=O) groups excluding carboxylic acids is 1. The van der Waals surface area contributed by atoms with Gasteiger partial charge in [-0.15, -0.1) is 11.6 Å². The summed E-state index contributed by atoms with van der Waals surface area (Å²) in [4.78, 5) is 18.1. The van der Waals surface area contributed by atoms with Crippen molar-refractivity contribution in [3.05, 3.63) is 30.5 Å². The number of fused-ring (bicyclic) bond motifs is 1. The molecule has 0 spiro atoms. The summed E-state index contributed by atoms with van der Waals surface area (Å²) in [6, 6.07) is 7.56. The Hall–Kier alpha value is -1.81. The molecule has 0 bridgehead atoms. The predicted molar refractivity (Wildman–Crippen MR) is 74.9 cm³/mol. The molecule has 1 saturated heterocycles. The molecule has 0 radical (unpaired) electrons. The normalized spacial score (nSPS) is 19.2. The van der Waals surface area contributed by atoms with Gasteiger partial charge in [0, 0.05) is 30.6 Å². The van der Waals surface area contributed by atoms with Crippen LogP contribution in [0.5, 0.6) is 5.75 Å². The van der Waals surface area contributed by atoms with Gasteiger partial charge < -0.3 is 9.64 Å². The zero-order chi connectivity index (χ0) is 13.4. The number of halogens is 1. The number of anilines is 1. The third kappa shape index (κ3) is 2.12. The summed E-state index contributed by atoms with van der Waals surface area (Å²) in [6.07, 6.45) is 2.09. The average Bonchev–Trinajstić information content (AvgIpc) is 2.76. The highest BCUT2D eigenvalue weighted by molar-refractivity contribution is 6.24. The summed E-state index contributed by atoms with van der Waals surface area (Å²) in [5, 5.41) is 0.806. The van der Waals surface area contributed by atoms with Crippen molar-refractivity contribution in [2.24, 2.45) is 0 Å². The van der Waals surface area contributed by atoms with E-state index in [1.165, 1.54) is 0 Å². The summed E-state index contributed by atoms with van der Waals surface area (Å²) in [7, 11) is 1.61. The zero-order valence-corrected chi connectivity index (χ0v) is 11.2.